The molecular weight excluding hydrogens is 360 g/mol. The monoisotopic (exact) mass is 380 g/mol. The average Bonchev–Trinajstić information content (AvgIpc) is 2.78. The van der Waals surface area contributed by atoms with Crippen molar-refractivity contribution in [2.24, 2.45) is 5.10 Å². The summed E-state index contributed by atoms with van der Waals surface area (Å²) in [6.45, 7) is 1.79. The molecule has 0 aliphatic carbocycles. The van der Waals surface area contributed by atoms with Crippen LogP contribution in [0.25, 0.3) is 21.8 Å². The molecule has 3 aromatic carbocycles. The van der Waals surface area contributed by atoms with E-state index >= 15 is 0 Å². The van der Waals surface area contributed by atoms with Crippen LogP contribution < -0.4 is 10.7 Å². The number of pyridine rings is 1. The molecule has 0 aliphatic heterocycles. The minimum atomic E-state index is 0.457. The van der Waals surface area contributed by atoms with E-state index in [1.54, 1.807) is 13.1 Å². The molecule has 0 unspecified atom stereocenters. The summed E-state index contributed by atoms with van der Waals surface area (Å²) < 4.78 is 0. The van der Waals surface area contributed by atoms with Crippen molar-refractivity contribution in [2.75, 3.05) is 10.7 Å². The van der Waals surface area contributed by atoms with E-state index < -0.39 is 0 Å². The molecule has 5 nitrogen and oxygen atoms in total. The van der Waals surface area contributed by atoms with Crippen molar-refractivity contribution in [1.82, 2.24) is 4.98 Å². The van der Waals surface area contributed by atoms with Crippen LogP contribution in [0.3, 0.4) is 0 Å². The van der Waals surface area contributed by atoms with Crippen LogP contribution in [0.4, 0.5) is 11.4 Å². The zero-order valence-electron chi connectivity index (χ0n) is 16.0. The Bertz CT molecular complexity index is 1180. The van der Waals surface area contributed by atoms with Gasteiger partial charge in [-0.15, -0.1) is 0 Å². The van der Waals surface area contributed by atoms with E-state index in [1.807, 2.05) is 78.9 Å². The molecule has 0 fully saturated rings. The van der Waals surface area contributed by atoms with E-state index in [1.165, 1.54) is 0 Å². The molecule has 1 heterocycles. The number of nitrogens with zero attached hydrogens (tertiary/aromatic N) is 2. The summed E-state index contributed by atoms with van der Waals surface area (Å²) in [6, 6.07) is 25.5. The molecule has 0 radical (unpaired) electrons. The third-order valence-electron chi connectivity index (χ3n) is 4.63. The van der Waals surface area contributed by atoms with Crippen molar-refractivity contribution in [3.05, 3.63) is 90.6 Å². The summed E-state index contributed by atoms with van der Waals surface area (Å²) >= 11 is 0. The minimum absolute atomic E-state index is 0.457. The maximum Gasteiger partial charge on any atom is 0.153 e. The highest BCUT2D eigenvalue weighted by Gasteiger charge is 2.08. The number of para-hydroxylation sites is 3. The normalized spacial score (nSPS) is 12.2. The fraction of sp³-hybridized carbons (Fsp3) is 0.0417. The number of allylic oxidation sites excluding steroid dienone is 1. The first kappa shape index (κ1) is 18.4. The second-order valence-electron chi connectivity index (χ2n) is 6.56. The van der Waals surface area contributed by atoms with Crippen LogP contribution >= 0.6 is 0 Å². The number of aromatic nitrogens is 1. The van der Waals surface area contributed by atoms with Gasteiger partial charge < -0.3 is 5.32 Å². The Morgan fingerprint density at radius 1 is 0.862 bits per heavy atom. The van der Waals surface area contributed by atoms with Crippen LogP contribution in [0.5, 0.6) is 0 Å². The third kappa shape index (κ3) is 3.99. The van der Waals surface area contributed by atoms with Gasteiger partial charge >= 0.3 is 0 Å². The van der Waals surface area contributed by atoms with Crippen molar-refractivity contribution in [3.8, 4) is 0 Å². The Balaban J connectivity index is 1.69. The lowest BCUT2D eigenvalue weighted by molar-refractivity contribution is -0.104. The van der Waals surface area contributed by atoms with Crippen molar-refractivity contribution in [2.45, 2.75) is 6.92 Å². The summed E-state index contributed by atoms with van der Waals surface area (Å²) in [6.07, 6.45) is 2.48. The van der Waals surface area contributed by atoms with E-state index in [0.29, 0.717) is 11.3 Å². The minimum Gasteiger partial charge on any atom is -0.360 e. The first-order valence-electron chi connectivity index (χ1n) is 9.31. The summed E-state index contributed by atoms with van der Waals surface area (Å²) in [5, 5.41) is 9.62. The molecule has 0 saturated carbocycles. The highest BCUT2D eigenvalue weighted by Crippen LogP contribution is 2.30. The largest absolute Gasteiger partial charge is 0.360 e. The summed E-state index contributed by atoms with van der Waals surface area (Å²) in [7, 11) is 0. The molecule has 4 rings (SSSR count). The van der Waals surface area contributed by atoms with Crippen molar-refractivity contribution < 1.29 is 4.79 Å². The molecule has 1 aromatic heterocycles. The molecule has 0 atom stereocenters. The number of hydrogen-bond donors (Lipinski definition) is 2. The summed E-state index contributed by atoms with van der Waals surface area (Å²) in [5.74, 6) is 0. The molecule has 0 bridgehead atoms. The topological polar surface area (TPSA) is 66.4 Å². The SMILES string of the molecule is CC(=N/Nc1ccccc1)/C(C=O)=C\Nc1c2ccccc2nc2ccccc12. The number of nitrogens with one attached hydrogen (secondary N) is 2. The Morgan fingerprint density at radius 3 is 2.07 bits per heavy atom. The van der Waals surface area contributed by atoms with Gasteiger partial charge in [0.2, 0.25) is 0 Å². The Morgan fingerprint density at radius 2 is 1.45 bits per heavy atom. The van der Waals surface area contributed by atoms with Gasteiger partial charge in [0.1, 0.15) is 0 Å². The Kier molecular flexibility index (Phi) is 5.29. The van der Waals surface area contributed by atoms with Crippen LogP contribution in [-0.2, 0) is 4.79 Å². The van der Waals surface area contributed by atoms with E-state index in [2.05, 4.69) is 15.8 Å². The molecule has 0 amide bonds. The molecule has 4 aromatic rings. The highest BCUT2D eigenvalue weighted by molar-refractivity contribution is 6.14. The van der Waals surface area contributed by atoms with Crippen LogP contribution in [0, 0.1) is 0 Å². The summed E-state index contributed by atoms with van der Waals surface area (Å²) in [4.78, 5) is 16.4. The number of rotatable bonds is 6. The van der Waals surface area contributed by atoms with Gasteiger partial charge in [0.05, 0.1) is 33.7 Å². The quantitative estimate of drug-likeness (QED) is 0.155. The summed E-state index contributed by atoms with van der Waals surface area (Å²) in [5.41, 5.74) is 7.56. The zero-order chi connectivity index (χ0) is 20.1. The number of carbonyl (C=O) groups is 1. The smallest absolute Gasteiger partial charge is 0.153 e. The van der Waals surface area contributed by atoms with Crippen molar-refractivity contribution in [1.29, 1.82) is 0 Å². The number of anilines is 2. The lowest BCUT2D eigenvalue weighted by Crippen LogP contribution is -2.05. The van der Waals surface area contributed by atoms with Crippen LogP contribution in [0.15, 0.2) is 95.7 Å². The van der Waals surface area contributed by atoms with Crippen LogP contribution in [-0.4, -0.2) is 17.0 Å². The van der Waals surface area contributed by atoms with Crippen molar-refractivity contribution in [3.63, 3.8) is 0 Å². The van der Waals surface area contributed by atoms with Crippen LogP contribution in [0.1, 0.15) is 6.92 Å². The number of fused-ring (bicyclic) bond motifs is 2. The van der Waals surface area contributed by atoms with Gasteiger partial charge in [0.25, 0.3) is 0 Å². The first-order chi connectivity index (χ1) is 14.3. The van der Waals surface area contributed by atoms with Crippen LogP contribution in [0.2, 0.25) is 0 Å². The van der Waals surface area contributed by atoms with Crippen molar-refractivity contribution >= 4 is 45.2 Å². The van der Waals surface area contributed by atoms with E-state index in [-0.39, 0.29) is 0 Å². The average molecular weight is 380 g/mol. The predicted octanol–water partition coefficient (Wildman–Crippen LogP) is 5.37. The van der Waals surface area contributed by atoms with Gasteiger partial charge in [0, 0.05) is 17.0 Å². The molecule has 142 valence electrons. The maximum absolute atomic E-state index is 11.7. The molecule has 5 heteroatoms. The number of aldehydes is 1. The Hall–Kier alpha value is -3.99. The standard InChI is InChI=1S/C24H20N4O/c1-17(27-28-19-9-3-2-4-10-19)18(16-29)15-25-24-20-11-5-7-13-22(20)26-23-14-8-6-12-21(23)24/h2-16,28H,1H3,(H,25,26)/b18-15-,27-17-. The fourth-order valence-corrected chi connectivity index (χ4v) is 3.09. The number of hydrazone groups is 1. The Labute approximate surface area is 168 Å². The maximum atomic E-state index is 11.7. The molecular formula is C24H20N4O. The van der Waals surface area contributed by atoms with E-state index in [9.17, 15) is 4.79 Å². The molecule has 29 heavy (non-hydrogen) atoms. The van der Waals surface area contributed by atoms with Gasteiger partial charge in [-0.25, -0.2) is 4.98 Å². The lowest BCUT2D eigenvalue weighted by Gasteiger charge is -2.11. The molecule has 0 spiro atoms. The van der Waals surface area contributed by atoms with Gasteiger partial charge in [-0.1, -0.05) is 54.6 Å². The van der Waals surface area contributed by atoms with Gasteiger partial charge in [-0.05, 0) is 31.2 Å². The van der Waals surface area contributed by atoms with Gasteiger partial charge in [-0.2, -0.15) is 5.10 Å². The van der Waals surface area contributed by atoms with E-state index in [4.69, 9.17) is 4.98 Å². The number of hydrogen-bond acceptors (Lipinski definition) is 5. The molecule has 0 saturated heterocycles. The highest BCUT2D eigenvalue weighted by atomic mass is 16.1. The first-order valence-corrected chi connectivity index (χ1v) is 9.31. The molecule has 2 N–H and O–H groups in total. The predicted molar refractivity (Wildman–Crippen MR) is 120 cm³/mol. The lowest BCUT2D eigenvalue weighted by atomic mass is 10.1. The van der Waals surface area contributed by atoms with Gasteiger partial charge in [-0.3, -0.25) is 10.2 Å². The second kappa shape index (κ2) is 8.35. The number of carbonyl (C=O) groups excluding carboxylic acids is 1. The fourth-order valence-electron chi connectivity index (χ4n) is 3.09. The molecule has 0 aliphatic rings. The third-order valence-corrected chi connectivity index (χ3v) is 4.63. The number of benzene rings is 3. The van der Waals surface area contributed by atoms with E-state index in [0.717, 1.165) is 39.5 Å². The zero-order valence-corrected chi connectivity index (χ0v) is 16.0. The second-order valence-corrected chi connectivity index (χ2v) is 6.56. The van der Waals surface area contributed by atoms with Gasteiger partial charge in [0.15, 0.2) is 6.29 Å².